The molecule has 1 aromatic rings. The van der Waals surface area contributed by atoms with Crippen LogP contribution in [0.25, 0.3) is 0 Å². The molecule has 5 heteroatoms. The van der Waals surface area contributed by atoms with Crippen molar-refractivity contribution in [3.63, 3.8) is 0 Å². The van der Waals surface area contributed by atoms with Crippen molar-refractivity contribution in [2.24, 2.45) is 5.92 Å². The lowest BCUT2D eigenvalue weighted by Crippen LogP contribution is -2.41. The van der Waals surface area contributed by atoms with Crippen LogP contribution < -0.4 is 0 Å². The van der Waals surface area contributed by atoms with E-state index < -0.39 is 0 Å². The van der Waals surface area contributed by atoms with Crippen molar-refractivity contribution in [1.29, 1.82) is 0 Å². The normalized spacial score (nSPS) is 21.9. The molecule has 4 nitrogen and oxygen atoms in total. The number of aromatic amines is 1. The van der Waals surface area contributed by atoms with Crippen LogP contribution in [-0.2, 0) is 4.79 Å². The number of H-pyrrole nitrogens is 1. The molecule has 1 amide bonds. The molecule has 100 valence electrons. The first-order chi connectivity index (χ1) is 8.63. The standard InChI is InChI=1S/C13H20BrN3O/c1-3-9(2)13(18)17-7-5-4-6-10(17)12-15-8-11(14)16-12/h8-10H,3-7H2,1-2H3,(H,15,16). The fourth-order valence-corrected chi connectivity index (χ4v) is 2.73. The van der Waals surface area contributed by atoms with Gasteiger partial charge in [0.15, 0.2) is 0 Å². The van der Waals surface area contributed by atoms with Gasteiger partial charge in [0, 0.05) is 12.5 Å². The number of likely N-dealkylation sites (tertiary alicyclic amines) is 1. The molecule has 1 aliphatic heterocycles. The maximum atomic E-state index is 12.4. The molecule has 1 aromatic heterocycles. The van der Waals surface area contributed by atoms with Gasteiger partial charge in [0.1, 0.15) is 10.4 Å². The zero-order valence-electron chi connectivity index (χ0n) is 10.9. The van der Waals surface area contributed by atoms with Crippen LogP contribution in [0.4, 0.5) is 0 Å². The van der Waals surface area contributed by atoms with Gasteiger partial charge >= 0.3 is 0 Å². The molecule has 1 N–H and O–H groups in total. The Morgan fingerprint density at radius 2 is 2.44 bits per heavy atom. The summed E-state index contributed by atoms with van der Waals surface area (Å²) in [6.07, 6.45) is 5.91. The van der Waals surface area contributed by atoms with Crippen molar-refractivity contribution in [2.45, 2.75) is 45.6 Å². The number of hydrogen-bond donors (Lipinski definition) is 1. The lowest BCUT2D eigenvalue weighted by molar-refractivity contribution is -0.139. The van der Waals surface area contributed by atoms with E-state index in [1.54, 1.807) is 6.20 Å². The lowest BCUT2D eigenvalue weighted by Gasteiger charge is -2.36. The molecule has 1 fully saturated rings. The number of rotatable bonds is 3. The summed E-state index contributed by atoms with van der Waals surface area (Å²) in [5.74, 6) is 1.26. The van der Waals surface area contributed by atoms with Crippen LogP contribution in [0.15, 0.2) is 10.8 Å². The summed E-state index contributed by atoms with van der Waals surface area (Å²) >= 11 is 3.38. The number of aromatic nitrogens is 2. The van der Waals surface area contributed by atoms with Gasteiger partial charge < -0.3 is 9.88 Å². The van der Waals surface area contributed by atoms with Crippen LogP contribution >= 0.6 is 15.9 Å². The average molecular weight is 314 g/mol. The maximum absolute atomic E-state index is 12.4. The number of piperidine rings is 1. The predicted molar refractivity (Wildman–Crippen MR) is 74.0 cm³/mol. The van der Waals surface area contributed by atoms with Gasteiger partial charge in [-0.2, -0.15) is 0 Å². The van der Waals surface area contributed by atoms with E-state index in [9.17, 15) is 4.79 Å². The molecule has 18 heavy (non-hydrogen) atoms. The number of halogens is 1. The third-order valence-corrected chi connectivity index (χ3v) is 4.10. The second kappa shape index (κ2) is 5.87. The quantitative estimate of drug-likeness (QED) is 0.931. The summed E-state index contributed by atoms with van der Waals surface area (Å²) in [6.45, 7) is 4.92. The molecule has 2 unspecified atom stereocenters. The number of amides is 1. The first-order valence-corrected chi connectivity index (χ1v) is 7.43. The first-order valence-electron chi connectivity index (χ1n) is 6.64. The minimum absolute atomic E-state index is 0.101. The fourth-order valence-electron chi connectivity index (χ4n) is 2.42. The Morgan fingerprint density at radius 3 is 3.06 bits per heavy atom. The molecule has 0 radical (unpaired) electrons. The lowest BCUT2D eigenvalue weighted by atomic mass is 9.98. The van der Waals surface area contributed by atoms with Crippen LogP contribution in [0.5, 0.6) is 0 Å². The summed E-state index contributed by atoms with van der Waals surface area (Å²) in [4.78, 5) is 22.0. The Morgan fingerprint density at radius 1 is 1.67 bits per heavy atom. The number of imidazole rings is 1. The molecule has 0 aliphatic carbocycles. The molecular formula is C13H20BrN3O. The molecule has 0 bridgehead atoms. The summed E-state index contributed by atoms with van der Waals surface area (Å²) in [6, 6.07) is 0.117. The number of carbonyl (C=O) groups is 1. The van der Waals surface area contributed by atoms with Crippen LogP contribution in [0.2, 0.25) is 0 Å². The van der Waals surface area contributed by atoms with Gasteiger partial charge in [-0.25, -0.2) is 4.98 Å². The highest BCUT2D eigenvalue weighted by Crippen LogP contribution is 2.31. The topological polar surface area (TPSA) is 49.0 Å². The maximum Gasteiger partial charge on any atom is 0.226 e. The number of hydrogen-bond acceptors (Lipinski definition) is 2. The molecule has 2 rings (SSSR count). The Balaban J connectivity index is 2.18. The number of nitrogens with one attached hydrogen (secondary N) is 1. The van der Waals surface area contributed by atoms with Gasteiger partial charge in [-0.05, 0) is 41.6 Å². The Hall–Kier alpha value is -0.840. The monoisotopic (exact) mass is 313 g/mol. The Bertz CT molecular complexity index is 418. The third-order valence-electron chi connectivity index (χ3n) is 3.70. The zero-order valence-corrected chi connectivity index (χ0v) is 12.5. The van der Waals surface area contributed by atoms with E-state index in [1.165, 1.54) is 0 Å². The zero-order chi connectivity index (χ0) is 13.1. The van der Waals surface area contributed by atoms with E-state index in [0.29, 0.717) is 0 Å². The van der Waals surface area contributed by atoms with Crippen LogP contribution in [0, 0.1) is 5.92 Å². The molecule has 1 aliphatic rings. The second-order valence-corrected chi connectivity index (χ2v) is 5.82. The van der Waals surface area contributed by atoms with Gasteiger partial charge in [-0.15, -0.1) is 0 Å². The van der Waals surface area contributed by atoms with E-state index in [-0.39, 0.29) is 17.9 Å². The molecule has 2 atom stereocenters. The van der Waals surface area contributed by atoms with E-state index in [0.717, 1.165) is 42.7 Å². The van der Waals surface area contributed by atoms with Crippen molar-refractivity contribution in [3.8, 4) is 0 Å². The highest BCUT2D eigenvalue weighted by atomic mass is 79.9. The van der Waals surface area contributed by atoms with Crippen LogP contribution in [0.3, 0.4) is 0 Å². The minimum Gasteiger partial charge on any atom is -0.335 e. The van der Waals surface area contributed by atoms with Crippen LogP contribution in [0.1, 0.15) is 51.4 Å². The van der Waals surface area contributed by atoms with Crippen molar-refractivity contribution >= 4 is 21.8 Å². The number of nitrogens with zero attached hydrogens (tertiary/aromatic N) is 2. The summed E-state index contributed by atoms with van der Waals surface area (Å²) in [7, 11) is 0. The molecule has 0 saturated carbocycles. The average Bonchev–Trinajstić information content (AvgIpc) is 2.83. The molecule has 2 heterocycles. The second-order valence-electron chi connectivity index (χ2n) is 4.97. The minimum atomic E-state index is 0.101. The molecule has 1 saturated heterocycles. The largest absolute Gasteiger partial charge is 0.335 e. The SMILES string of the molecule is CCC(C)C(=O)N1CCCCC1c1ncc(Br)[nH]1. The predicted octanol–water partition coefficient (Wildman–Crippen LogP) is 3.27. The van der Waals surface area contributed by atoms with E-state index >= 15 is 0 Å². The van der Waals surface area contributed by atoms with Gasteiger partial charge in [-0.3, -0.25) is 4.79 Å². The van der Waals surface area contributed by atoms with Gasteiger partial charge in [-0.1, -0.05) is 13.8 Å². The molecule has 0 spiro atoms. The van der Waals surface area contributed by atoms with E-state index in [4.69, 9.17) is 0 Å². The fraction of sp³-hybridized carbons (Fsp3) is 0.692. The van der Waals surface area contributed by atoms with Gasteiger partial charge in [0.05, 0.1) is 12.2 Å². The van der Waals surface area contributed by atoms with Crippen molar-refractivity contribution < 1.29 is 4.79 Å². The Labute approximate surface area is 116 Å². The number of carbonyl (C=O) groups excluding carboxylic acids is 1. The summed E-state index contributed by atoms with van der Waals surface area (Å²) in [5.41, 5.74) is 0. The van der Waals surface area contributed by atoms with Gasteiger partial charge in [0.25, 0.3) is 0 Å². The summed E-state index contributed by atoms with van der Waals surface area (Å²) < 4.78 is 0.874. The van der Waals surface area contributed by atoms with Crippen molar-refractivity contribution in [3.05, 3.63) is 16.6 Å². The van der Waals surface area contributed by atoms with Crippen molar-refractivity contribution in [2.75, 3.05) is 6.54 Å². The third kappa shape index (κ3) is 2.76. The molecular weight excluding hydrogens is 294 g/mol. The summed E-state index contributed by atoms with van der Waals surface area (Å²) in [5, 5.41) is 0. The van der Waals surface area contributed by atoms with E-state index in [1.807, 2.05) is 11.8 Å². The smallest absolute Gasteiger partial charge is 0.226 e. The van der Waals surface area contributed by atoms with E-state index in [2.05, 4.69) is 32.8 Å². The Kier molecular flexibility index (Phi) is 4.43. The van der Waals surface area contributed by atoms with Crippen molar-refractivity contribution in [1.82, 2.24) is 14.9 Å². The molecule has 0 aromatic carbocycles. The highest BCUT2D eigenvalue weighted by Gasteiger charge is 2.31. The van der Waals surface area contributed by atoms with Crippen LogP contribution in [-0.4, -0.2) is 27.3 Å². The van der Waals surface area contributed by atoms with Gasteiger partial charge in [0.2, 0.25) is 5.91 Å². The first kappa shape index (κ1) is 13.6. The highest BCUT2D eigenvalue weighted by molar-refractivity contribution is 9.10.